The Morgan fingerprint density at radius 2 is 2.20 bits per heavy atom. The van der Waals surface area contributed by atoms with Gasteiger partial charge in [0.1, 0.15) is 5.69 Å². The molecule has 0 saturated carbocycles. The first kappa shape index (κ1) is 12.0. The largest absolute Gasteiger partial charge is 0.329 e. The summed E-state index contributed by atoms with van der Waals surface area (Å²) < 4.78 is 1.50. The highest BCUT2D eigenvalue weighted by atomic mass is 35.5. The topological polar surface area (TPSA) is 61.0 Å². The molecule has 0 aliphatic rings. The lowest BCUT2D eigenvalue weighted by atomic mass is 10.1. The van der Waals surface area contributed by atoms with Crippen LogP contribution in [0, 0.1) is 10.1 Å². The van der Waals surface area contributed by atoms with E-state index < -0.39 is 4.92 Å². The van der Waals surface area contributed by atoms with Crippen molar-refractivity contribution >= 4 is 17.3 Å². The molecule has 0 bridgehead atoms. The van der Waals surface area contributed by atoms with Crippen LogP contribution in [0.5, 0.6) is 0 Å². The van der Waals surface area contributed by atoms with Crippen molar-refractivity contribution in [2.75, 3.05) is 0 Å². The lowest BCUT2D eigenvalue weighted by Crippen LogP contribution is -2.00. The van der Waals surface area contributed by atoms with E-state index >= 15 is 0 Å². The van der Waals surface area contributed by atoms with Crippen molar-refractivity contribution in [3.8, 4) is 0 Å². The zero-order valence-corrected chi connectivity index (χ0v) is 9.78. The van der Waals surface area contributed by atoms with Gasteiger partial charge < -0.3 is 0 Å². The van der Waals surface area contributed by atoms with E-state index in [4.69, 9.17) is 11.6 Å². The summed E-state index contributed by atoms with van der Waals surface area (Å²) in [6, 6.07) is 0. The standard InChI is InChI=1S/C9H14ClN3O2/c1-4-5-12-9(10)8(13(14)15)7(11-12)6(2)3/h6H,4-5H2,1-3H3. The summed E-state index contributed by atoms with van der Waals surface area (Å²) in [5.41, 5.74) is 0.401. The van der Waals surface area contributed by atoms with E-state index in [1.165, 1.54) is 4.68 Å². The summed E-state index contributed by atoms with van der Waals surface area (Å²) in [6.45, 7) is 6.30. The molecule has 0 amide bonds. The molecule has 0 saturated heterocycles. The third-order valence-electron chi connectivity index (χ3n) is 2.06. The molecule has 6 heteroatoms. The molecule has 5 nitrogen and oxygen atoms in total. The maximum atomic E-state index is 10.8. The van der Waals surface area contributed by atoms with Gasteiger partial charge in [-0.3, -0.25) is 10.1 Å². The summed E-state index contributed by atoms with van der Waals surface area (Å²) in [7, 11) is 0. The number of nitrogens with zero attached hydrogens (tertiary/aromatic N) is 3. The summed E-state index contributed by atoms with van der Waals surface area (Å²) in [6.07, 6.45) is 0.843. The van der Waals surface area contributed by atoms with Gasteiger partial charge in [-0.15, -0.1) is 0 Å². The van der Waals surface area contributed by atoms with Gasteiger partial charge in [-0.1, -0.05) is 32.4 Å². The SMILES string of the molecule is CCCn1nc(C(C)C)c([N+](=O)[O-])c1Cl. The zero-order valence-electron chi connectivity index (χ0n) is 9.03. The number of hydrogen-bond acceptors (Lipinski definition) is 3. The third-order valence-corrected chi connectivity index (χ3v) is 2.43. The molecule has 0 spiro atoms. The first-order valence-corrected chi connectivity index (χ1v) is 5.27. The highest BCUT2D eigenvalue weighted by Gasteiger charge is 2.27. The number of rotatable bonds is 4. The normalized spacial score (nSPS) is 11.0. The predicted molar refractivity (Wildman–Crippen MR) is 58.3 cm³/mol. The van der Waals surface area contributed by atoms with Gasteiger partial charge in [-0.25, -0.2) is 4.68 Å². The average Bonchev–Trinajstić information content (AvgIpc) is 2.44. The van der Waals surface area contributed by atoms with E-state index in [0.717, 1.165) is 6.42 Å². The zero-order chi connectivity index (χ0) is 11.6. The molecule has 0 N–H and O–H groups in total. The van der Waals surface area contributed by atoms with Crippen LogP contribution in [-0.4, -0.2) is 14.7 Å². The number of hydrogen-bond donors (Lipinski definition) is 0. The Kier molecular flexibility index (Phi) is 3.68. The molecule has 0 aliphatic carbocycles. The summed E-state index contributed by atoms with van der Waals surface area (Å²) in [5, 5.41) is 15.1. The molecule has 15 heavy (non-hydrogen) atoms. The molecule has 0 fully saturated rings. The number of aromatic nitrogens is 2. The van der Waals surface area contributed by atoms with Crippen molar-refractivity contribution in [1.29, 1.82) is 0 Å². The Balaban J connectivity index is 3.26. The highest BCUT2D eigenvalue weighted by Crippen LogP contribution is 2.32. The van der Waals surface area contributed by atoms with E-state index in [9.17, 15) is 10.1 Å². The number of halogens is 1. The van der Waals surface area contributed by atoms with Crippen molar-refractivity contribution in [1.82, 2.24) is 9.78 Å². The Hall–Kier alpha value is -1.10. The molecule has 0 radical (unpaired) electrons. The Morgan fingerprint density at radius 3 is 2.53 bits per heavy atom. The van der Waals surface area contributed by atoms with Crippen molar-refractivity contribution in [3.63, 3.8) is 0 Å². The molecule has 1 aromatic heterocycles. The van der Waals surface area contributed by atoms with Crippen LogP contribution in [0.4, 0.5) is 5.69 Å². The van der Waals surface area contributed by atoms with E-state index in [2.05, 4.69) is 5.10 Å². The fourth-order valence-corrected chi connectivity index (χ4v) is 1.66. The van der Waals surface area contributed by atoms with Crippen LogP contribution in [0.25, 0.3) is 0 Å². The fraction of sp³-hybridized carbons (Fsp3) is 0.667. The van der Waals surface area contributed by atoms with Crippen LogP contribution in [0.1, 0.15) is 38.8 Å². The molecule has 1 aromatic rings. The van der Waals surface area contributed by atoms with Crippen LogP contribution in [0.3, 0.4) is 0 Å². The second-order valence-electron chi connectivity index (χ2n) is 3.66. The number of aryl methyl sites for hydroxylation is 1. The Labute approximate surface area is 93.2 Å². The van der Waals surface area contributed by atoms with Gasteiger partial charge in [0.25, 0.3) is 0 Å². The van der Waals surface area contributed by atoms with Crippen molar-refractivity contribution < 1.29 is 4.92 Å². The van der Waals surface area contributed by atoms with Gasteiger partial charge >= 0.3 is 5.69 Å². The lowest BCUT2D eigenvalue weighted by molar-refractivity contribution is -0.385. The summed E-state index contributed by atoms with van der Waals surface area (Å²) in [4.78, 5) is 10.4. The van der Waals surface area contributed by atoms with Crippen molar-refractivity contribution in [2.24, 2.45) is 0 Å². The maximum absolute atomic E-state index is 10.8. The molecular formula is C9H14ClN3O2. The predicted octanol–water partition coefficient (Wildman–Crippen LogP) is 2.98. The molecule has 0 aromatic carbocycles. The van der Waals surface area contributed by atoms with Crippen molar-refractivity contribution in [3.05, 3.63) is 21.0 Å². The minimum absolute atomic E-state index is 0.000932. The van der Waals surface area contributed by atoms with Crippen molar-refractivity contribution in [2.45, 2.75) is 39.7 Å². The molecular weight excluding hydrogens is 218 g/mol. The molecule has 1 rings (SSSR count). The minimum atomic E-state index is -0.461. The van der Waals surface area contributed by atoms with Gasteiger partial charge in [0.2, 0.25) is 5.15 Å². The van der Waals surface area contributed by atoms with Gasteiger partial charge in [0.05, 0.1) is 4.92 Å². The average molecular weight is 232 g/mol. The van der Waals surface area contributed by atoms with E-state index in [-0.39, 0.29) is 16.8 Å². The molecule has 0 unspecified atom stereocenters. The monoisotopic (exact) mass is 231 g/mol. The van der Waals surface area contributed by atoms with Gasteiger partial charge in [0.15, 0.2) is 0 Å². The summed E-state index contributed by atoms with van der Waals surface area (Å²) in [5.74, 6) is 0.000932. The van der Waals surface area contributed by atoms with Gasteiger partial charge in [-0.05, 0) is 6.42 Å². The molecule has 0 atom stereocenters. The molecule has 1 heterocycles. The smallest absolute Gasteiger partial charge is 0.258 e. The maximum Gasteiger partial charge on any atom is 0.329 e. The lowest BCUT2D eigenvalue weighted by Gasteiger charge is -1.98. The Morgan fingerprint density at radius 1 is 1.60 bits per heavy atom. The van der Waals surface area contributed by atoms with Crippen LogP contribution in [0.15, 0.2) is 0 Å². The minimum Gasteiger partial charge on any atom is -0.258 e. The van der Waals surface area contributed by atoms with Crippen LogP contribution < -0.4 is 0 Å². The van der Waals surface area contributed by atoms with E-state index in [1.807, 2.05) is 20.8 Å². The van der Waals surface area contributed by atoms with Gasteiger partial charge in [-0.2, -0.15) is 5.10 Å². The van der Waals surface area contributed by atoms with Crippen LogP contribution >= 0.6 is 11.6 Å². The second-order valence-corrected chi connectivity index (χ2v) is 4.02. The second kappa shape index (κ2) is 4.61. The fourth-order valence-electron chi connectivity index (χ4n) is 1.37. The first-order valence-electron chi connectivity index (χ1n) is 4.89. The van der Waals surface area contributed by atoms with E-state index in [0.29, 0.717) is 12.2 Å². The molecule has 0 aliphatic heterocycles. The van der Waals surface area contributed by atoms with E-state index in [1.54, 1.807) is 0 Å². The number of nitro groups is 1. The van der Waals surface area contributed by atoms with Gasteiger partial charge in [0, 0.05) is 12.5 Å². The third kappa shape index (κ3) is 2.28. The Bertz CT molecular complexity index is 374. The molecule has 84 valence electrons. The first-order chi connectivity index (χ1) is 6.99. The highest BCUT2D eigenvalue weighted by molar-refractivity contribution is 6.31. The van der Waals surface area contributed by atoms with Crippen LogP contribution in [-0.2, 0) is 6.54 Å². The van der Waals surface area contributed by atoms with Crippen LogP contribution in [0.2, 0.25) is 5.15 Å². The summed E-state index contributed by atoms with van der Waals surface area (Å²) >= 11 is 5.91. The quantitative estimate of drug-likeness (QED) is 0.591.